The van der Waals surface area contributed by atoms with Crippen LogP contribution in [0.2, 0.25) is 0 Å². The number of hydrogen-bond acceptors (Lipinski definition) is 4. The van der Waals surface area contributed by atoms with Gasteiger partial charge in [0.1, 0.15) is 0 Å². The quantitative estimate of drug-likeness (QED) is 0.790. The second kappa shape index (κ2) is 5.58. The first-order valence-corrected chi connectivity index (χ1v) is 8.16. The molecule has 2 aromatic rings. The van der Waals surface area contributed by atoms with Crippen LogP contribution in [0.3, 0.4) is 0 Å². The molecule has 0 unspecified atom stereocenters. The van der Waals surface area contributed by atoms with Crippen molar-refractivity contribution in [2.24, 2.45) is 5.92 Å². The van der Waals surface area contributed by atoms with Crippen LogP contribution in [0.25, 0.3) is 0 Å². The third-order valence-electron chi connectivity index (χ3n) is 3.29. The molecule has 0 spiro atoms. The normalized spacial score (nSPS) is 14.2. The van der Waals surface area contributed by atoms with E-state index in [4.69, 9.17) is 5.73 Å². The van der Waals surface area contributed by atoms with E-state index in [9.17, 15) is 4.79 Å². The van der Waals surface area contributed by atoms with Gasteiger partial charge in [-0.1, -0.05) is 28.1 Å². The maximum atomic E-state index is 12.1. The van der Waals surface area contributed by atoms with Gasteiger partial charge in [0.2, 0.25) is 0 Å². The number of Topliss-reactive ketones (excluding diaryl/α,β-unsaturated/α-hetero) is 1. The van der Waals surface area contributed by atoms with Gasteiger partial charge in [-0.25, -0.2) is 0 Å². The highest BCUT2D eigenvalue weighted by Gasteiger charge is 2.32. The number of thiophene rings is 1. The monoisotopic (exact) mass is 350 g/mol. The Hall–Kier alpha value is -1.33. The molecule has 3 rings (SSSR count). The number of nitrogen functional groups attached to an aromatic ring is 1. The van der Waals surface area contributed by atoms with E-state index in [-0.39, 0.29) is 11.7 Å². The molecular weight excluding hydrogens is 336 g/mol. The first-order valence-electron chi connectivity index (χ1n) is 6.55. The van der Waals surface area contributed by atoms with Crippen LogP contribution < -0.4 is 11.1 Å². The summed E-state index contributed by atoms with van der Waals surface area (Å²) in [5.74, 6) is 0.428. The van der Waals surface area contributed by atoms with Gasteiger partial charge in [0, 0.05) is 16.9 Å². The van der Waals surface area contributed by atoms with Crippen LogP contribution in [0.15, 0.2) is 34.8 Å². The molecule has 104 valence electrons. The number of carbonyl (C=O) groups is 1. The van der Waals surface area contributed by atoms with Crippen LogP contribution >= 0.6 is 27.3 Å². The smallest absolute Gasteiger partial charge is 0.178 e. The number of ketones is 1. The molecule has 1 heterocycles. The molecule has 3 N–H and O–H groups in total. The van der Waals surface area contributed by atoms with E-state index in [1.807, 2.05) is 18.2 Å². The second-order valence-corrected chi connectivity index (χ2v) is 6.98. The molecule has 1 fully saturated rings. The number of carbonyl (C=O) groups excluding carboxylic acids is 1. The first-order chi connectivity index (χ1) is 9.63. The molecule has 1 aromatic carbocycles. The number of rotatable bonds is 5. The predicted octanol–water partition coefficient (Wildman–Crippen LogP) is 4.30. The summed E-state index contributed by atoms with van der Waals surface area (Å²) < 4.78 is 1.06. The number of halogens is 1. The van der Waals surface area contributed by atoms with E-state index in [0.717, 1.165) is 28.9 Å². The molecule has 0 bridgehead atoms. The molecule has 0 saturated heterocycles. The van der Waals surface area contributed by atoms with Crippen LogP contribution in [0.1, 0.15) is 28.1 Å². The lowest BCUT2D eigenvalue weighted by molar-refractivity contribution is 0.0972. The highest BCUT2D eigenvalue weighted by atomic mass is 79.9. The maximum absolute atomic E-state index is 12.1. The van der Waals surface area contributed by atoms with Gasteiger partial charge in [-0.05, 0) is 36.6 Å². The summed E-state index contributed by atoms with van der Waals surface area (Å²) in [6.07, 6.45) is 2.02. The van der Waals surface area contributed by atoms with Crippen molar-refractivity contribution in [3.8, 4) is 0 Å². The Morgan fingerprint density at radius 2 is 2.20 bits per heavy atom. The third-order valence-corrected chi connectivity index (χ3v) is 4.90. The van der Waals surface area contributed by atoms with Crippen molar-refractivity contribution in [1.29, 1.82) is 0 Å². The van der Waals surface area contributed by atoms with Gasteiger partial charge in [0.25, 0.3) is 0 Å². The standard InChI is InChI=1S/C15H15BrN2OS/c16-11-3-1-2-9(6-11)8-18-13-7-12(17)15(20-13)14(19)10-4-5-10/h1-3,6-7,10,18H,4-5,8,17H2. The van der Waals surface area contributed by atoms with Crippen LogP contribution in [0, 0.1) is 5.92 Å². The average molecular weight is 351 g/mol. The minimum atomic E-state index is 0.211. The largest absolute Gasteiger partial charge is 0.397 e. The molecule has 1 aromatic heterocycles. The minimum Gasteiger partial charge on any atom is -0.397 e. The van der Waals surface area contributed by atoms with E-state index in [1.165, 1.54) is 16.9 Å². The fourth-order valence-corrected chi connectivity index (χ4v) is 3.49. The Bertz CT molecular complexity index is 649. The Labute approximate surface area is 130 Å². The first kappa shape index (κ1) is 13.6. The Morgan fingerprint density at radius 1 is 1.40 bits per heavy atom. The van der Waals surface area contributed by atoms with E-state index < -0.39 is 0 Å². The van der Waals surface area contributed by atoms with Crippen LogP contribution in [0.5, 0.6) is 0 Å². The van der Waals surface area contributed by atoms with Gasteiger partial charge in [-0.3, -0.25) is 4.79 Å². The van der Waals surface area contributed by atoms with Crippen molar-refractivity contribution in [3.05, 3.63) is 45.2 Å². The molecular formula is C15H15BrN2OS. The zero-order valence-electron chi connectivity index (χ0n) is 10.9. The molecule has 1 aliphatic rings. The van der Waals surface area contributed by atoms with Crippen LogP contribution in [-0.2, 0) is 6.54 Å². The van der Waals surface area contributed by atoms with Crippen LogP contribution in [0.4, 0.5) is 10.7 Å². The summed E-state index contributed by atoms with van der Waals surface area (Å²) in [6, 6.07) is 9.99. The number of nitrogens with one attached hydrogen (secondary N) is 1. The van der Waals surface area contributed by atoms with E-state index in [2.05, 4.69) is 33.4 Å². The Kier molecular flexibility index (Phi) is 3.81. The SMILES string of the molecule is Nc1cc(NCc2cccc(Br)c2)sc1C(=O)C1CC1. The highest BCUT2D eigenvalue weighted by Crippen LogP contribution is 2.38. The second-order valence-electron chi connectivity index (χ2n) is 5.02. The highest BCUT2D eigenvalue weighted by molar-refractivity contribution is 9.10. The molecule has 0 aliphatic heterocycles. The van der Waals surface area contributed by atoms with Crippen molar-refractivity contribution < 1.29 is 4.79 Å². The third kappa shape index (κ3) is 3.04. The topological polar surface area (TPSA) is 55.1 Å². The Morgan fingerprint density at radius 3 is 2.90 bits per heavy atom. The summed E-state index contributed by atoms with van der Waals surface area (Å²) in [4.78, 5) is 12.8. The van der Waals surface area contributed by atoms with Gasteiger partial charge < -0.3 is 11.1 Å². The molecule has 20 heavy (non-hydrogen) atoms. The van der Waals surface area contributed by atoms with Crippen molar-refractivity contribution >= 4 is 43.7 Å². The molecule has 0 atom stereocenters. The summed E-state index contributed by atoms with van der Waals surface area (Å²) in [5.41, 5.74) is 7.73. The van der Waals surface area contributed by atoms with Gasteiger partial charge in [0.15, 0.2) is 5.78 Å². The number of nitrogens with two attached hydrogens (primary N) is 1. The summed E-state index contributed by atoms with van der Waals surface area (Å²) in [7, 11) is 0. The van der Waals surface area contributed by atoms with Gasteiger partial charge >= 0.3 is 0 Å². The molecule has 0 amide bonds. The van der Waals surface area contributed by atoms with Crippen molar-refractivity contribution in [2.45, 2.75) is 19.4 Å². The van der Waals surface area contributed by atoms with Crippen LogP contribution in [-0.4, -0.2) is 5.78 Å². The number of hydrogen-bond donors (Lipinski definition) is 2. The zero-order valence-corrected chi connectivity index (χ0v) is 13.3. The molecule has 5 heteroatoms. The fraction of sp³-hybridized carbons (Fsp3) is 0.267. The van der Waals surface area contributed by atoms with Gasteiger partial charge in [0.05, 0.1) is 15.6 Å². The zero-order chi connectivity index (χ0) is 14.1. The Balaban J connectivity index is 1.69. The lowest BCUT2D eigenvalue weighted by Crippen LogP contribution is -2.01. The van der Waals surface area contributed by atoms with Crippen molar-refractivity contribution in [2.75, 3.05) is 11.1 Å². The van der Waals surface area contributed by atoms with Gasteiger partial charge in [-0.2, -0.15) is 0 Å². The van der Waals surface area contributed by atoms with Crippen molar-refractivity contribution in [3.63, 3.8) is 0 Å². The fourth-order valence-electron chi connectivity index (χ4n) is 2.05. The number of benzene rings is 1. The lowest BCUT2D eigenvalue weighted by Gasteiger charge is -2.03. The van der Waals surface area contributed by atoms with E-state index >= 15 is 0 Å². The average Bonchev–Trinajstić information content (AvgIpc) is 3.20. The van der Waals surface area contributed by atoms with Gasteiger partial charge in [-0.15, -0.1) is 11.3 Å². The summed E-state index contributed by atoms with van der Waals surface area (Å²) in [5, 5.41) is 4.28. The van der Waals surface area contributed by atoms with E-state index in [1.54, 1.807) is 0 Å². The molecule has 0 radical (unpaired) electrons. The number of anilines is 2. The van der Waals surface area contributed by atoms with Crippen molar-refractivity contribution in [1.82, 2.24) is 0 Å². The minimum absolute atomic E-state index is 0.211. The molecule has 1 aliphatic carbocycles. The lowest BCUT2D eigenvalue weighted by atomic mass is 10.2. The summed E-state index contributed by atoms with van der Waals surface area (Å²) >= 11 is 4.92. The molecule has 3 nitrogen and oxygen atoms in total. The summed E-state index contributed by atoms with van der Waals surface area (Å²) in [6.45, 7) is 0.719. The maximum Gasteiger partial charge on any atom is 0.178 e. The predicted molar refractivity (Wildman–Crippen MR) is 87.3 cm³/mol. The van der Waals surface area contributed by atoms with E-state index in [0.29, 0.717) is 10.6 Å². The molecule has 1 saturated carbocycles.